The number of hydrogen-bond acceptors (Lipinski definition) is 7. The van der Waals surface area contributed by atoms with Crippen molar-refractivity contribution in [2.24, 2.45) is 0 Å². The Hall–Kier alpha value is -3.27. The molecule has 0 radical (unpaired) electrons. The van der Waals surface area contributed by atoms with Gasteiger partial charge in [-0.05, 0) is 38.3 Å². The van der Waals surface area contributed by atoms with Crippen LogP contribution in [0.5, 0.6) is 0 Å². The van der Waals surface area contributed by atoms with Crippen molar-refractivity contribution in [1.82, 2.24) is 15.5 Å². The van der Waals surface area contributed by atoms with E-state index in [0.717, 1.165) is 17.7 Å². The third-order valence-corrected chi connectivity index (χ3v) is 5.41. The lowest BCUT2D eigenvalue weighted by Gasteiger charge is -2.27. The highest BCUT2D eigenvalue weighted by molar-refractivity contribution is 6.25. The van der Waals surface area contributed by atoms with Gasteiger partial charge in [-0.1, -0.05) is 6.07 Å². The van der Waals surface area contributed by atoms with Gasteiger partial charge in [0.1, 0.15) is 12.1 Å². The summed E-state index contributed by atoms with van der Waals surface area (Å²) in [5, 5.41) is 8.13. The fourth-order valence-corrected chi connectivity index (χ4v) is 3.60. The van der Waals surface area contributed by atoms with Crippen molar-refractivity contribution in [3.63, 3.8) is 0 Å². The molecule has 166 valence electrons. The van der Waals surface area contributed by atoms with Gasteiger partial charge >= 0.3 is 0 Å². The summed E-state index contributed by atoms with van der Waals surface area (Å²) in [6, 6.07) is 3.95. The van der Waals surface area contributed by atoms with E-state index >= 15 is 0 Å². The van der Waals surface area contributed by atoms with Crippen molar-refractivity contribution >= 4 is 35.2 Å². The first kappa shape index (κ1) is 22.4. The molecule has 2 heterocycles. The summed E-state index contributed by atoms with van der Waals surface area (Å²) < 4.78 is 4.94. The third kappa shape index (κ3) is 4.74. The van der Waals surface area contributed by atoms with Crippen molar-refractivity contribution < 1.29 is 28.7 Å². The lowest BCUT2D eigenvalue weighted by atomic mass is 10.0. The molecule has 10 heteroatoms. The number of methoxy groups -OCH3 is 1. The lowest BCUT2D eigenvalue weighted by Crippen LogP contribution is -2.54. The molecule has 0 aliphatic carbocycles. The summed E-state index contributed by atoms with van der Waals surface area (Å²) in [6.07, 6.45) is 1.14. The normalized spacial score (nSPS) is 19.2. The number of carbonyl (C=O) groups excluding carboxylic acids is 5. The molecule has 2 aliphatic heterocycles. The van der Waals surface area contributed by atoms with Crippen LogP contribution in [0.2, 0.25) is 0 Å². The van der Waals surface area contributed by atoms with Gasteiger partial charge in [0.15, 0.2) is 0 Å². The van der Waals surface area contributed by atoms with Crippen LogP contribution in [-0.4, -0.2) is 66.8 Å². The van der Waals surface area contributed by atoms with Gasteiger partial charge in [-0.2, -0.15) is 0 Å². The molecule has 2 atom stereocenters. The van der Waals surface area contributed by atoms with Gasteiger partial charge in [0.2, 0.25) is 17.7 Å². The number of hydrogen-bond donors (Lipinski definition) is 3. The Labute approximate surface area is 179 Å². The number of benzene rings is 1. The SMILES string of the molecule is CO[C@H](C)C(=O)NCCCCNc1cccc2c1C(=O)N(C1CCC(=O)NC1=O)C2=O. The predicted molar refractivity (Wildman–Crippen MR) is 110 cm³/mol. The van der Waals surface area contributed by atoms with Crippen molar-refractivity contribution in [1.29, 1.82) is 0 Å². The predicted octanol–water partition coefficient (Wildman–Crippen LogP) is 0.431. The number of nitrogens with one attached hydrogen (secondary N) is 3. The molecule has 1 saturated heterocycles. The molecule has 3 N–H and O–H groups in total. The molecule has 1 aromatic rings. The smallest absolute Gasteiger partial charge is 0.264 e. The maximum Gasteiger partial charge on any atom is 0.264 e. The van der Waals surface area contributed by atoms with Gasteiger partial charge in [-0.3, -0.25) is 34.2 Å². The Morgan fingerprint density at radius 3 is 2.65 bits per heavy atom. The van der Waals surface area contributed by atoms with Crippen molar-refractivity contribution in [3.05, 3.63) is 29.3 Å². The highest BCUT2D eigenvalue weighted by Gasteiger charge is 2.45. The van der Waals surface area contributed by atoms with E-state index in [-0.39, 0.29) is 29.9 Å². The summed E-state index contributed by atoms with van der Waals surface area (Å²) >= 11 is 0. The number of ether oxygens (including phenoxy) is 1. The van der Waals surface area contributed by atoms with Crippen LogP contribution in [0, 0.1) is 0 Å². The highest BCUT2D eigenvalue weighted by atomic mass is 16.5. The van der Waals surface area contributed by atoms with E-state index in [1.807, 2.05) is 0 Å². The Bertz CT molecular complexity index is 915. The second-order valence-corrected chi connectivity index (χ2v) is 7.48. The van der Waals surface area contributed by atoms with Crippen LogP contribution in [0.25, 0.3) is 0 Å². The molecule has 5 amide bonds. The van der Waals surface area contributed by atoms with Gasteiger partial charge in [0.05, 0.1) is 11.1 Å². The van der Waals surface area contributed by atoms with E-state index in [4.69, 9.17) is 4.74 Å². The molecule has 1 aromatic carbocycles. The van der Waals surface area contributed by atoms with Crippen molar-refractivity contribution in [2.75, 3.05) is 25.5 Å². The van der Waals surface area contributed by atoms with E-state index in [2.05, 4.69) is 16.0 Å². The molecule has 0 spiro atoms. The topological polar surface area (TPSA) is 134 Å². The molecular formula is C21H26N4O6. The zero-order valence-electron chi connectivity index (χ0n) is 17.5. The van der Waals surface area contributed by atoms with Crippen molar-refractivity contribution in [3.8, 4) is 0 Å². The van der Waals surface area contributed by atoms with Gasteiger partial charge in [0, 0.05) is 32.3 Å². The summed E-state index contributed by atoms with van der Waals surface area (Å²) in [6.45, 7) is 2.71. The minimum Gasteiger partial charge on any atom is -0.384 e. The van der Waals surface area contributed by atoms with Crippen LogP contribution < -0.4 is 16.0 Å². The monoisotopic (exact) mass is 430 g/mol. The number of amides is 5. The molecule has 3 rings (SSSR count). The largest absolute Gasteiger partial charge is 0.384 e. The minimum absolute atomic E-state index is 0.0780. The standard InChI is InChI=1S/C21H26N4O6/c1-12(31-2)18(27)23-11-4-3-10-22-14-7-5-6-13-17(14)21(30)25(20(13)29)15-8-9-16(26)24-19(15)28/h5-7,12,15,22H,3-4,8-11H2,1-2H3,(H,23,27)(H,24,26,28)/t12-,15?/m1/s1. The van der Waals surface area contributed by atoms with Crippen LogP contribution in [-0.2, 0) is 19.1 Å². The zero-order chi connectivity index (χ0) is 22.5. The maximum atomic E-state index is 13.0. The Balaban J connectivity index is 1.59. The fourth-order valence-electron chi connectivity index (χ4n) is 3.60. The molecule has 10 nitrogen and oxygen atoms in total. The number of nitrogens with zero attached hydrogens (tertiary/aromatic N) is 1. The molecule has 1 fully saturated rings. The van der Waals surface area contributed by atoms with Crippen LogP contribution in [0.15, 0.2) is 18.2 Å². The first-order valence-corrected chi connectivity index (χ1v) is 10.2. The molecule has 31 heavy (non-hydrogen) atoms. The average Bonchev–Trinajstić information content (AvgIpc) is 3.01. The Kier molecular flexibility index (Phi) is 7.01. The summed E-state index contributed by atoms with van der Waals surface area (Å²) in [5.74, 6) is -2.29. The number of piperidine rings is 1. The van der Waals surface area contributed by atoms with Gasteiger partial charge in [0.25, 0.3) is 11.8 Å². The quantitative estimate of drug-likeness (QED) is 0.382. The van der Waals surface area contributed by atoms with E-state index < -0.39 is 35.8 Å². The minimum atomic E-state index is -0.990. The number of rotatable bonds is 9. The van der Waals surface area contributed by atoms with Crippen LogP contribution in [0.1, 0.15) is 53.3 Å². The number of imide groups is 2. The van der Waals surface area contributed by atoms with Crippen LogP contribution in [0.4, 0.5) is 5.69 Å². The second-order valence-electron chi connectivity index (χ2n) is 7.48. The van der Waals surface area contributed by atoms with Gasteiger partial charge < -0.3 is 15.4 Å². The third-order valence-electron chi connectivity index (χ3n) is 5.41. The molecule has 0 aromatic heterocycles. The van der Waals surface area contributed by atoms with Crippen molar-refractivity contribution in [2.45, 2.75) is 44.8 Å². The number of fused-ring (bicyclic) bond motifs is 1. The first-order valence-electron chi connectivity index (χ1n) is 10.2. The number of carbonyl (C=O) groups is 5. The zero-order valence-corrected chi connectivity index (χ0v) is 17.5. The molecular weight excluding hydrogens is 404 g/mol. The van der Waals surface area contributed by atoms with Gasteiger partial charge in [-0.25, -0.2) is 0 Å². The van der Waals surface area contributed by atoms with E-state index in [9.17, 15) is 24.0 Å². The van der Waals surface area contributed by atoms with E-state index in [1.165, 1.54) is 7.11 Å². The molecule has 0 saturated carbocycles. The lowest BCUT2D eigenvalue weighted by molar-refractivity contribution is -0.136. The Morgan fingerprint density at radius 2 is 1.94 bits per heavy atom. The molecule has 0 bridgehead atoms. The fraction of sp³-hybridized carbons (Fsp3) is 0.476. The second kappa shape index (κ2) is 9.69. The number of unbranched alkanes of at least 4 members (excludes halogenated alkanes) is 1. The van der Waals surface area contributed by atoms with E-state index in [1.54, 1.807) is 25.1 Å². The highest BCUT2D eigenvalue weighted by Crippen LogP contribution is 2.32. The summed E-state index contributed by atoms with van der Waals surface area (Å²) in [5.41, 5.74) is 0.989. The molecule has 1 unspecified atom stereocenters. The summed E-state index contributed by atoms with van der Waals surface area (Å²) in [7, 11) is 1.47. The van der Waals surface area contributed by atoms with Gasteiger partial charge in [-0.15, -0.1) is 0 Å². The molecule has 2 aliphatic rings. The van der Waals surface area contributed by atoms with Crippen LogP contribution >= 0.6 is 0 Å². The Morgan fingerprint density at radius 1 is 1.19 bits per heavy atom. The van der Waals surface area contributed by atoms with Crippen LogP contribution in [0.3, 0.4) is 0 Å². The summed E-state index contributed by atoms with van der Waals surface area (Å²) in [4.78, 5) is 62.0. The van der Waals surface area contributed by atoms with E-state index in [0.29, 0.717) is 18.8 Å². The number of anilines is 1. The first-order chi connectivity index (χ1) is 14.8. The maximum absolute atomic E-state index is 13.0. The average molecular weight is 430 g/mol.